The largest absolute Gasteiger partial charge is 0.396 e. The maximum Gasteiger partial charge on any atom is 0.0443 e. The second-order valence-electron chi connectivity index (χ2n) is 3.18. The van der Waals surface area contributed by atoms with Gasteiger partial charge in [-0.05, 0) is 39.2 Å². The second kappa shape index (κ2) is 9.00. The summed E-state index contributed by atoms with van der Waals surface area (Å²) < 4.78 is 0. The van der Waals surface area contributed by atoms with Crippen LogP contribution in [0, 0.1) is 0 Å². The van der Waals surface area contributed by atoms with Gasteiger partial charge >= 0.3 is 0 Å². The van der Waals surface area contributed by atoms with Gasteiger partial charge in [0.1, 0.15) is 0 Å². The van der Waals surface area contributed by atoms with Crippen molar-refractivity contribution in [3.63, 3.8) is 0 Å². The van der Waals surface area contributed by atoms with Gasteiger partial charge in [-0.3, -0.25) is 0 Å². The van der Waals surface area contributed by atoms with E-state index in [0.29, 0.717) is 6.61 Å². The van der Waals surface area contributed by atoms with Gasteiger partial charge in [0, 0.05) is 11.6 Å². The molecule has 1 N–H and O–H groups in total. The molecular weight excluding hydrogens is 198 g/mol. The molecule has 0 saturated carbocycles. The molecule has 0 bridgehead atoms. The van der Waals surface area contributed by atoms with E-state index in [1.165, 1.54) is 0 Å². The average molecular weight is 216 g/mol. The molecule has 0 unspecified atom stereocenters. The number of hydrogen-bond acceptors (Lipinski definition) is 2. The fraction of sp³-hybridized carbons (Fsp3) is 0.455. The summed E-state index contributed by atoms with van der Waals surface area (Å²) in [6.45, 7) is 1.29. The lowest BCUT2D eigenvalue weighted by atomic mass is 10.4. The van der Waals surface area contributed by atoms with Gasteiger partial charge in [-0.2, -0.15) is 0 Å². The standard InChI is InChI=1S/C6H5Cl.C5H13NO/c7-6-4-2-1-3-5-6;1-6(2)4-3-5-7/h1-5H;7H,3-5H2,1-2H3. The molecular formula is C11H18ClNO. The van der Waals surface area contributed by atoms with E-state index in [1.807, 2.05) is 44.4 Å². The third-order valence-electron chi connectivity index (χ3n) is 1.50. The summed E-state index contributed by atoms with van der Waals surface area (Å²) in [5.74, 6) is 0. The number of aliphatic hydroxyl groups is 1. The third-order valence-corrected chi connectivity index (χ3v) is 1.75. The summed E-state index contributed by atoms with van der Waals surface area (Å²) in [7, 11) is 3.99. The fourth-order valence-corrected chi connectivity index (χ4v) is 0.947. The van der Waals surface area contributed by atoms with E-state index in [0.717, 1.165) is 18.0 Å². The topological polar surface area (TPSA) is 23.5 Å². The predicted octanol–water partition coefficient (Wildman–Crippen LogP) is 2.27. The summed E-state index contributed by atoms with van der Waals surface area (Å²) in [4.78, 5) is 2.05. The maximum atomic E-state index is 8.29. The third kappa shape index (κ3) is 9.52. The van der Waals surface area contributed by atoms with Crippen LogP contribution in [-0.4, -0.2) is 37.3 Å². The Morgan fingerprint density at radius 2 is 1.79 bits per heavy atom. The second-order valence-corrected chi connectivity index (χ2v) is 3.61. The van der Waals surface area contributed by atoms with E-state index in [4.69, 9.17) is 16.7 Å². The van der Waals surface area contributed by atoms with E-state index in [2.05, 4.69) is 4.90 Å². The molecule has 0 saturated heterocycles. The Hall–Kier alpha value is -0.570. The molecule has 0 fully saturated rings. The van der Waals surface area contributed by atoms with Crippen molar-refractivity contribution < 1.29 is 5.11 Å². The lowest BCUT2D eigenvalue weighted by Crippen LogP contribution is -2.13. The molecule has 0 heterocycles. The van der Waals surface area contributed by atoms with Crippen LogP contribution in [0.15, 0.2) is 30.3 Å². The van der Waals surface area contributed by atoms with Gasteiger partial charge in [-0.1, -0.05) is 29.8 Å². The van der Waals surface area contributed by atoms with E-state index in [-0.39, 0.29) is 0 Å². The predicted molar refractivity (Wildman–Crippen MR) is 61.7 cm³/mol. The van der Waals surface area contributed by atoms with Gasteiger partial charge in [0.25, 0.3) is 0 Å². The van der Waals surface area contributed by atoms with Crippen LogP contribution in [0.1, 0.15) is 6.42 Å². The van der Waals surface area contributed by atoms with Gasteiger partial charge in [0.2, 0.25) is 0 Å². The van der Waals surface area contributed by atoms with Gasteiger partial charge in [0.15, 0.2) is 0 Å². The van der Waals surface area contributed by atoms with Gasteiger partial charge in [-0.25, -0.2) is 0 Å². The summed E-state index contributed by atoms with van der Waals surface area (Å²) in [5, 5.41) is 9.08. The normalized spacial score (nSPS) is 9.50. The molecule has 0 aliphatic carbocycles. The lowest BCUT2D eigenvalue weighted by Gasteiger charge is -2.05. The van der Waals surface area contributed by atoms with E-state index in [1.54, 1.807) is 0 Å². The van der Waals surface area contributed by atoms with Crippen molar-refractivity contribution >= 4 is 11.6 Å². The van der Waals surface area contributed by atoms with Crippen molar-refractivity contribution in [2.24, 2.45) is 0 Å². The summed E-state index contributed by atoms with van der Waals surface area (Å²) in [5.41, 5.74) is 0. The van der Waals surface area contributed by atoms with Crippen LogP contribution in [0.2, 0.25) is 5.02 Å². The van der Waals surface area contributed by atoms with E-state index < -0.39 is 0 Å². The van der Waals surface area contributed by atoms with Crippen LogP contribution in [0.4, 0.5) is 0 Å². The highest BCUT2D eigenvalue weighted by Gasteiger charge is 1.84. The number of benzene rings is 1. The summed E-state index contributed by atoms with van der Waals surface area (Å²) in [6, 6.07) is 9.44. The first-order chi connectivity index (χ1) is 6.66. The maximum absolute atomic E-state index is 8.29. The number of halogens is 1. The van der Waals surface area contributed by atoms with Crippen LogP contribution in [-0.2, 0) is 0 Å². The van der Waals surface area contributed by atoms with Crippen molar-refractivity contribution in [3.8, 4) is 0 Å². The zero-order valence-corrected chi connectivity index (χ0v) is 9.54. The van der Waals surface area contributed by atoms with Crippen LogP contribution in [0.25, 0.3) is 0 Å². The minimum Gasteiger partial charge on any atom is -0.396 e. The number of hydrogen-bond donors (Lipinski definition) is 1. The average Bonchev–Trinajstić information content (AvgIpc) is 2.17. The molecule has 1 aromatic carbocycles. The first-order valence-corrected chi connectivity index (χ1v) is 5.00. The molecule has 1 rings (SSSR count). The SMILES string of the molecule is CN(C)CCCO.Clc1ccccc1. The Labute approximate surface area is 91.1 Å². The van der Waals surface area contributed by atoms with Crippen LogP contribution < -0.4 is 0 Å². The molecule has 3 heteroatoms. The molecule has 14 heavy (non-hydrogen) atoms. The smallest absolute Gasteiger partial charge is 0.0443 e. The number of aliphatic hydroxyl groups excluding tert-OH is 1. The minimum atomic E-state index is 0.304. The van der Waals surface area contributed by atoms with Crippen LogP contribution in [0.5, 0.6) is 0 Å². The van der Waals surface area contributed by atoms with Gasteiger partial charge in [0.05, 0.1) is 0 Å². The Morgan fingerprint density at radius 3 is 2.00 bits per heavy atom. The minimum absolute atomic E-state index is 0.304. The molecule has 0 atom stereocenters. The zero-order valence-electron chi connectivity index (χ0n) is 8.78. The molecule has 0 aliphatic heterocycles. The monoisotopic (exact) mass is 215 g/mol. The highest BCUT2D eigenvalue weighted by atomic mass is 35.5. The molecule has 80 valence electrons. The first kappa shape index (κ1) is 13.4. The molecule has 0 amide bonds. The Balaban J connectivity index is 0.000000241. The molecule has 0 aliphatic rings. The molecule has 0 radical (unpaired) electrons. The Morgan fingerprint density at radius 1 is 1.21 bits per heavy atom. The van der Waals surface area contributed by atoms with Crippen molar-refractivity contribution in [3.05, 3.63) is 35.4 Å². The molecule has 0 spiro atoms. The van der Waals surface area contributed by atoms with Crippen LogP contribution in [0.3, 0.4) is 0 Å². The molecule has 2 nitrogen and oxygen atoms in total. The van der Waals surface area contributed by atoms with Gasteiger partial charge in [-0.15, -0.1) is 0 Å². The number of rotatable bonds is 3. The van der Waals surface area contributed by atoms with Crippen molar-refractivity contribution in [2.75, 3.05) is 27.2 Å². The quantitative estimate of drug-likeness (QED) is 0.837. The van der Waals surface area contributed by atoms with Crippen molar-refractivity contribution in [1.29, 1.82) is 0 Å². The summed E-state index contributed by atoms with van der Waals surface area (Å²) >= 11 is 5.54. The fourth-order valence-electron chi connectivity index (χ4n) is 0.802. The highest BCUT2D eigenvalue weighted by molar-refractivity contribution is 6.30. The van der Waals surface area contributed by atoms with Crippen molar-refractivity contribution in [2.45, 2.75) is 6.42 Å². The Kier molecular flexibility index (Phi) is 8.64. The molecule has 1 aromatic rings. The molecule has 0 aromatic heterocycles. The highest BCUT2D eigenvalue weighted by Crippen LogP contribution is 2.03. The van der Waals surface area contributed by atoms with E-state index >= 15 is 0 Å². The summed E-state index contributed by atoms with van der Waals surface area (Å²) in [6.07, 6.45) is 0.882. The number of nitrogens with zero attached hydrogens (tertiary/aromatic N) is 1. The Bertz CT molecular complexity index is 214. The van der Waals surface area contributed by atoms with Crippen LogP contribution >= 0.6 is 11.6 Å². The van der Waals surface area contributed by atoms with Crippen molar-refractivity contribution in [1.82, 2.24) is 4.90 Å². The lowest BCUT2D eigenvalue weighted by molar-refractivity contribution is 0.263. The van der Waals surface area contributed by atoms with E-state index in [9.17, 15) is 0 Å². The first-order valence-electron chi connectivity index (χ1n) is 4.63. The zero-order chi connectivity index (χ0) is 10.8. The van der Waals surface area contributed by atoms with Gasteiger partial charge < -0.3 is 10.0 Å².